The van der Waals surface area contributed by atoms with E-state index in [0.717, 1.165) is 0 Å². The summed E-state index contributed by atoms with van der Waals surface area (Å²) in [5.41, 5.74) is 1.09. The lowest BCUT2D eigenvalue weighted by atomic mass is 9.96. The lowest BCUT2D eigenvalue weighted by molar-refractivity contribution is 0.190. The van der Waals surface area contributed by atoms with Crippen LogP contribution >= 0.6 is 0 Å². The number of carbonyl (C=O) groups excluding carboxylic acids is 1. The number of nitrogens with zero attached hydrogens (tertiary/aromatic N) is 1. The van der Waals surface area contributed by atoms with E-state index in [0.29, 0.717) is 11.1 Å². The molecule has 1 heterocycles. The monoisotopic (exact) mass is 439 g/mol. The maximum Gasteiger partial charge on any atom is 0.317 e. The van der Waals surface area contributed by atoms with Crippen LogP contribution in [0, 0.1) is 11.6 Å². The number of urea groups is 1. The van der Waals surface area contributed by atoms with Crippen molar-refractivity contribution in [1.82, 2.24) is 14.9 Å². The van der Waals surface area contributed by atoms with Gasteiger partial charge in [-0.3, -0.25) is 0 Å². The van der Waals surface area contributed by atoms with Crippen molar-refractivity contribution in [2.45, 2.75) is 31.6 Å². The molecule has 0 saturated carbocycles. The predicted octanol–water partition coefficient (Wildman–Crippen LogP) is 3.18. The largest absolute Gasteiger partial charge is 0.598 e. The number of hydrogen-bond acceptors (Lipinski definition) is 3. The molecule has 2 aromatic rings. The van der Waals surface area contributed by atoms with Crippen LogP contribution in [0.2, 0.25) is 0 Å². The molecule has 30 heavy (non-hydrogen) atoms. The van der Waals surface area contributed by atoms with Gasteiger partial charge >= 0.3 is 6.03 Å². The van der Waals surface area contributed by atoms with Crippen LogP contribution in [0.5, 0.6) is 0 Å². The zero-order valence-electron chi connectivity index (χ0n) is 16.7. The van der Waals surface area contributed by atoms with E-state index in [1.54, 1.807) is 25.1 Å². The molecule has 162 valence electrons. The summed E-state index contributed by atoms with van der Waals surface area (Å²) in [6.45, 7) is 1.52. The summed E-state index contributed by atoms with van der Waals surface area (Å²) in [7, 11) is 1.44. The van der Waals surface area contributed by atoms with Crippen molar-refractivity contribution >= 4 is 17.4 Å². The van der Waals surface area contributed by atoms with Gasteiger partial charge in [-0.15, -0.1) is 4.72 Å². The zero-order valence-corrected chi connectivity index (χ0v) is 17.5. The fourth-order valence-electron chi connectivity index (χ4n) is 3.69. The molecule has 1 aliphatic rings. The second-order valence-corrected chi connectivity index (χ2v) is 8.56. The smallest absolute Gasteiger partial charge is 0.317 e. The Morgan fingerprint density at radius 1 is 1.23 bits per heavy atom. The van der Waals surface area contributed by atoms with Crippen LogP contribution in [-0.4, -0.2) is 53.1 Å². The fraction of sp³-hybridized carbons (Fsp3) is 0.381. The van der Waals surface area contributed by atoms with Gasteiger partial charge in [0.15, 0.2) is 0 Å². The van der Waals surface area contributed by atoms with Crippen molar-refractivity contribution in [1.29, 1.82) is 0 Å². The minimum Gasteiger partial charge on any atom is -0.598 e. The highest BCUT2D eigenvalue weighted by Gasteiger charge is 2.46. The first kappa shape index (κ1) is 22.5. The number of amides is 2. The molecule has 0 aliphatic carbocycles. The van der Waals surface area contributed by atoms with Crippen LogP contribution in [0.15, 0.2) is 42.5 Å². The molecule has 0 aromatic heterocycles. The molecule has 4 atom stereocenters. The number of carbonyl (C=O) groups is 1. The van der Waals surface area contributed by atoms with Crippen LogP contribution in [-0.2, 0) is 17.8 Å². The summed E-state index contributed by atoms with van der Waals surface area (Å²) >= 11 is -1.47. The molecule has 1 fully saturated rings. The highest BCUT2D eigenvalue weighted by atomic mass is 32.2. The van der Waals surface area contributed by atoms with E-state index >= 15 is 4.39 Å². The van der Waals surface area contributed by atoms with E-state index in [1.807, 2.05) is 0 Å². The zero-order chi connectivity index (χ0) is 21.8. The molecule has 0 spiro atoms. The van der Waals surface area contributed by atoms with Gasteiger partial charge < -0.3 is 14.8 Å². The second kappa shape index (κ2) is 9.72. The summed E-state index contributed by atoms with van der Waals surface area (Å²) in [5.74, 6) is -0.655. The third kappa shape index (κ3) is 4.74. The van der Waals surface area contributed by atoms with Crippen LogP contribution in [0.3, 0.4) is 0 Å². The van der Waals surface area contributed by atoms with Gasteiger partial charge in [0, 0.05) is 24.0 Å². The number of nitrogens with one attached hydrogen (secondary N) is 2. The number of likely N-dealkylation sites (tertiary alicyclic amines) is 1. The van der Waals surface area contributed by atoms with Gasteiger partial charge in [-0.25, -0.2) is 18.0 Å². The van der Waals surface area contributed by atoms with E-state index in [-0.39, 0.29) is 24.3 Å². The predicted molar refractivity (Wildman–Crippen MR) is 111 cm³/mol. The molecule has 3 rings (SSSR count). The van der Waals surface area contributed by atoms with Crippen LogP contribution in [0.1, 0.15) is 12.5 Å². The standard InChI is InChI=1S/C21H24F3N3O2S/c1-3-30(29)26-20-17(23)12-27(21(28)25-2)18(20)11-14-5-4-6-16(19(14)24)13-7-9-15(22)10-8-13/h4-10,17-18,20,26H,3,11-12H2,1-2H3,(H,25,28)/t17-,18-,20-,30?/m0/s1. The summed E-state index contributed by atoms with van der Waals surface area (Å²) in [6, 6.07) is 8.18. The summed E-state index contributed by atoms with van der Waals surface area (Å²) in [4.78, 5) is 13.6. The minimum absolute atomic E-state index is 0.0350. The Balaban J connectivity index is 1.93. The van der Waals surface area contributed by atoms with Crippen LogP contribution in [0.4, 0.5) is 18.0 Å². The van der Waals surface area contributed by atoms with Crippen LogP contribution < -0.4 is 10.0 Å². The van der Waals surface area contributed by atoms with E-state index in [4.69, 9.17) is 0 Å². The minimum atomic E-state index is -1.47. The summed E-state index contributed by atoms with van der Waals surface area (Å²) in [6.07, 6.45) is -1.40. The molecular weight excluding hydrogens is 415 g/mol. The summed E-state index contributed by atoms with van der Waals surface area (Å²) in [5, 5.41) is 2.48. The highest BCUT2D eigenvalue weighted by molar-refractivity contribution is 7.89. The fourth-order valence-corrected chi connectivity index (χ4v) is 4.46. The molecule has 2 N–H and O–H groups in total. The van der Waals surface area contributed by atoms with Crippen molar-refractivity contribution in [2.24, 2.45) is 0 Å². The second-order valence-electron chi connectivity index (χ2n) is 7.06. The van der Waals surface area contributed by atoms with Gasteiger partial charge in [0.2, 0.25) is 0 Å². The van der Waals surface area contributed by atoms with Gasteiger partial charge in [-0.2, -0.15) is 0 Å². The molecule has 1 unspecified atom stereocenters. The van der Waals surface area contributed by atoms with Gasteiger partial charge in [-0.05, 0) is 36.6 Å². The Kier molecular flexibility index (Phi) is 7.27. The average Bonchev–Trinajstić information content (AvgIpc) is 3.05. The van der Waals surface area contributed by atoms with Crippen molar-refractivity contribution < 1.29 is 22.5 Å². The molecule has 0 bridgehead atoms. The van der Waals surface area contributed by atoms with Gasteiger partial charge in [0.25, 0.3) is 0 Å². The van der Waals surface area contributed by atoms with Crippen LogP contribution in [0.25, 0.3) is 11.1 Å². The van der Waals surface area contributed by atoms with Crippen molar-refractivity contribution in [2.75, 3.05) is 19.3 Å². The number of hydrogen-bond donors (Lipinski definition) is 2. The number of rotatable bonds is 6. The Labute approximate surface area is 177 Å². The van der Waals surface area contributed by atoms with E-state index in [1.165, 1.54) is 36.2 Å². The van der Waals surface area contributed by atoms with Gasteiger partial charge in [0.05, 0.1) is 12.6 Å². The molecule has 1 saturated heterocycles. The Morgan fingerprint density at radius 2 is 1.93 bits per heavy atom. The third-order valence-electron chi connectivity index (χ3n) is 5.24. The SMILES string of the molecule is CC[S+]([O-])N[C@H]1[C@@H](F)CN(C(=O)NC)[C@H]1Cc1cccc(-c2ccc(F)cc2)c1F. The molecular formula is C21H24F3N3O2S. The van der Waals surface area contributed by atoms with E-state index in [2.05, 4.69) is 10.0 Å². The number of halogens is 3. The molecule has 2 amide bonds. The highest BCUT2D eigenvalue weighted by Crippen LogP contribution is 2.30. The molecule has 2 aromatic carbocycles. The third-order valence-corrected chi connectivity index (χ3v) is 6.30. The number of alkyl halides is 1. The van der Waals surface area contributed by atoms with Gasteiger partial charge in [-0.1, -0.05) is 30.3 Å². The normalized spacial score (nSPS) is 22.2. The maximum absolute atomic E-state index is 15.3. The number of benzene rings is 2. The Morgan fingerprint density at radius 3 is 2.57 bits per heavy atom. The first-order valence-corrected chi connectivity index (χ1v) is 11.0. The Bertz CT molecular complexity index is 884. The molecule has 5 nitrogen and oxygen atoms in total. The van der Waals surface area contributed by atoms with Crippen molar-refractivity contribution in [3.05, 3.63) is 59.7 Å². The molecule has 9 heteroatoms. The first-order valence-electron chi connectivity index (χ1n) is 9.66. The topological polar surface area (TPSA) is 67.4 Å². The van der Waals surface area contributed by atoms with E-state index < -0.39 is 47.3 Å². The summed E-state index contributed by atoms with van der Waals surface area (Å²) < 4.78 is 58.0. The van der Waals surface area contributed by atoms with Crippen molar-refractivity contribution in [3.8, 4) is 11.1 Å². The molecule has 1 aliphatic heterocycles. The molecule has 0 radical (unpaired) electrons. The Hall–Kier alpha value is -2.23. The van der Waals surface area contributed by atoms with E-state index in [9.17, 15) is 18.1 Å². The van der Waals surface area contributed by atoms with Gasteiger partial charge in [0.1, 0.15) is 29.6 Å². The maximum atomic E-state index is 15.3. The quantitative estimate of drug-likeness (QED) is 0.680. The first-order chi connectivity index (χ1) is 14.3. The lowest BCUT2D eigenvalue weighted by Crippen LogP contribution is -2.51. The van der Waals surface area contributed by atoms with Crippen molar-refractivity contribution in [3.63, 3.8) is 0 Å². The lowest BCUT2D eigenvalue weighted by Gasteiger charge is -2.28. The average molecular weight is 440 g/mol.